The molecule has 0 aromatic heterocycles. The van der Waals surface area contributed by atoms with Crippen molar-refractivity contribution in [2.75, 3.05) is 13.7 Å². The molecule has 2 rings (SSSR count). The highest BCUT2D eigenvalue weighted by atomic mass is 16.5. The maximum Gasteiger partial charge on any atom is 0.230 e. The summed E-state index contributed by atoms with van der Waals surface area (Å²) >= 11 is 0. The molecule has 2 aromatic carbocycles. The van der Waals surface area contributed by atoms with Crippen LogP contribution in [0.5, 0.6) is 0 Å². The van der Waals surface area contributed by atoms with Gasteiger partial charge in [0.1, 0.15) is 0 Å². The van der Waals surface area contributed by atoms with E-state index < -0.39 is 5.41 Å². The van der Waals surface area contributed by atoms with Gasteiger partial charge in [-0.2, -0.15) is 0 Å². The van der Waals surface area contributed by atoms with Crippen molar-refractivity contribution in [2.24, 2.45) is 5.92 Å². The molecule has 1 N–H and O–H groups in total. The third-order valence-electron chi connectivity index (χ3n) is 4.42. The zero-order valence-electron chi connectivity index (χ0n) is 15.9. The van der Waals surface area contributed by atoms with Crippen molar-refractivity contribution in [1.82, 2.24) is 5.32 Å². The fraction of sp³-hybridized carbons (Fsp3) is 0.409. The monoisotopic (exact) mass is 339 g/mol. The van der Waals surface area contributed by atoms with Gasteiger partial charge in [-0.05, 0) is 48.1 Å². The molecular formula is C22H29NO2. The Labute approximate surface area is 151 Å². The van der Waals surface area contributed by atoms with Gasteiger partial charge in [0.05, 0.1) is 12.0 Å². The van der Waals surface area contributed by atoms with Gasteiger partial charge in [-0.15, -0.1) is 0 Å². The maximum atomic E-state index is 12.5. The van der Waals surface area contributed by atoms with E-state index in [-0.39, 0.29) is 5.91 Å². The van der Waals surface area contributed by atoms with Crippen LogP contribution in [0, 0.1) is 5.92 Å². The van der Waals surface area contributed by atoms with Crippen molar-refractivity contribution < 1.29 is 9.53 Å². The lowest BCUT2D eigenvalue weighted by Gasteiger charge is -2.25. The first-order chi connectivity index (χ1) is 11.8. The summed E-state index contributed by atoms with van der Waals surface area (Å²) in [7, 11) is 1.70. The lowest BCUT2D eigenvalue weighted by atomic mass is 9.83. The average Bonchev–Trinajstić information content (AvgIpc) is 2.60. The highest BCUT2D eigenvalue weighted by molar-refractivity contribution is 5.87. The number of ether oxygens (including phenoxy) is 1. The molecule has 0 aliphatic rings. The Kier molecular flexibility index (Phi) is 6.38. The number of carbonyl (C=O) groups is 1. The molecule has 0 aliphatic heterocycles. The standard InChI is InChI=1S/C22H29NO2/c1-16(2)14-23-21(24)22(3,4)20-11-9-18(10-12-20)19-8-6-7-17(13-19)15-25-5/h6-13,16H,14-15H2,1-5H3,(H,23,24). The van der Waals surface area contributed by atoms with Gasteiger partial charge in [0.15, 0.2) is 0 Å². The number of hydrogen-bond acceptors (Lipinski definition) is 2. The van der Waals surface area contributed by atoms with Crippen LogP contribution in [0.3, 0.4) is 0 Å². The lowest BCUT2D eigenvalue weighted by molar-refractivity contribution is -0.125. The van der Waals surface area contributed by atoms with E-state index in [9.17, 15) is 4.79 Å². The summed E-state index contributed by atoms with van der Waals surface area (Å²) < 4.78 is 5.20. The predicted molar refractivity (Wildman–Crippen MR) is 103 cm³/mol. The topological polar surface area (TPSA) is 38.3 Å². The first-order valence-corrected chi connectivity index (χ1v) is 8.81. The van der Waals surface area contributed by atoms with Crippen molar-refractivity contribution in [1.29, 1.82) is 0 Å². The number of methoxy groups -OCH3 is 1. The fourth-order valence-corrected chi connectivity index (χ4v) is 2.74. The molecule has 3 nitrogen and oxygen atoms in total. The lowest BCUT2D eigenvalue weighted by Crippen LogP contribution is -2.41. The molecule has 0 radical (unpaired) electrons. The molecule has 0 atom stereocenters. The first-order valence-electron chi connectivity index (χ1n) is 8.81. The molecule has 0 heterocycles. The van der Waals surface area contributed by atoms with Crippen LogP contribution in [0.4, 0.5) is 0 Å². The van der Waals surface area contributed by atoms with E-state index in [2.05, 4.69) is 49.5 Å². The fourth-order valence-electron chi connectivity index (χ4n) is 2.74. The van der Waals surface area contributed by atoms with Crippen LogP contribution in [-0.2, 0) is 21.6 Å². The summed E-state index contributed by atoms with van der Waals surface area (Å²) in [6.45, 7) is 9.44. The molecule has 0 saturated carbocycles. The highest BCUT2D eigenvalue weighted by Gasteiger charge is 2.29. The Bertz CT molecular complexity index is 702. The summed E-state index contributed by atoms with van der Waals surface area (Å²) in [5.41, 5.74) is 3.91. The second kappa shape index (κ2) is 8.30. The normalized spacial score (nSPS) is 11.6. The van der Waals surface area contributed by atoms with E-state index in [4.69, 9.17) is 4.74 Å². The Morgan fingerprint density at radius 3 is 2.36 bits per heavy atom. The van der Waals surface area contributed by atoms with Crippen molar-refractivity contribution in [3.63, 3.8) is 0 Å². The Morgan fingerprint density at radius 2 is 1.76 bits per heavy atom. The largest absolute Gasteiger partial charge is 0.380 e. The van der Waals surface area contributed by atoms with Gasteiger partial charge in [0.2, 0.25) is 5.91 Å². The quantitative estimate of drug-likeness (QED) is 0.803. The number of hydrogen-bond donors (Lipinski definition) is 1. The molecule has 1 amide bonds. The van der Waals surface area contributed by atoms with Crippen LogP contribution in [0.15, 0.2) is 48.5 Å². The molecule has 0 saturated heterocycles. The van der Waals surface area contributed by atoms with Gasteiger partial charge in [-0.3, -0.25) is 4.79 Å². The van der Waals surface area contributed by atoms with Gasteiger partial charge >= 0.3 is 0 Å². The molecule has 3 heteroatoms. The van der Waals surface area contributed by atoms with Crippen molar-refractivity contribution >= 4 is 5.91 Å². The van der Waals surface area contributed by atoms with Crippen LogP contribution < -0.4 is 5.32 Å². The Morgan fingerprint density at radius 1 is 1.08 bits per heavy atom. The average molecular weight is 339 g/mol. The molecule has 0 aliphatic carbocycles. The minimum atomic E-state index is -0.550. The summed E-state index contributed by atoms with van der Waals surface area (Å²) in [5, 5.41) is 3.04. The molecule has 2 aromatic rings. The summed E-state index contributed by atoms with van der Waals surface area (Å²) in [6.07, 6.45) is 0. The molecule has 0 unspecified atom stereocenters. The van der Waals surface area contributed by atoms with Crippen LogP contribution in [0.2, 0.25) is 0 Å². The van der Waals surface area contributed by atoms with Gasteiger partial charge < -0.3 is 10.1 Å². The van der Waals surface area contributed by atoms with E-state index in [1.165, 1.54) is 0 Å². The van der Waals surface area contributed by atoms with Crippen LogP contribution >= 0.6 is 0 Å². The third kappa shape index (κ3) is 4.93. The van der Waals surface area contributed by atoms with Gasteiger partial charge in [0, 0.05) is 13.7 Å². The summed E-state index contributed by atoms with van der Waals surface area (Å²) in [5.74, 6) is 0.512. The maximum absolute atomic E-state index is 12.5. The van der Waals surface area contributed by atoms with Crippen LogP contribution in [-0.4, -0.2) is 19.6 Å². The number of carbonyl (C=O) groups excluding carboxylic acids is 1. The molecule has 134 valence electrons. The van der Waals surface area contributed by atoms with Gasteiger partial charge in [0.25, 0.3) is 0 Å². The van der Waals surface area contributed by atoms with Crippen molar-refractivity contribution in [3.05, 3.63) is 59.7 Å². The van der Waals surface area contributed by atoms with E-state index in [0.717, 1.165) is 22.3 Å². The smallest absolute Gasteiger partial charge is 0.230 e. The SMILES string of the molecule is COCc1cccc(-c2ccc(C(C)(C)C(=O)NCC(C)C)cc2)c1. The molecular weight excluding hydrogens is 310 g/mol. The van der Waals surface area contributed by atoms with E-state index >= 15 is 0 Å². The van der Waals surface area contributed by atoms with Crippen LogP contribution in [0.25, 0.3) is 11.1 Å². The zero-order chi connectivity index (χ0) is 18.4. The molecule has 0 bridgehead atoms. The summed E-state index contributed by atoms with van der Waals surface area (Å²) in [6, 6.07) is 16.6. The Hall–Kier alpha value is -2.13. The van der Waals surface area contributed by atoms with Crippen LogP contribution in [0.1, 0.15) is 38.8 Å². The first kappa shape index (κ1) is 19.2. The van der Waals surface area contributed by atoms with E-state index in [1.54, 1.807) is 7.11 Å². The zero-order valence-corrected chi connectivity index (χ0v) is 15.9. The van der Waals surface area contributed by atoms with Gasteiger partial charge in [-0.25, -0.2) is 0 Å². The number of nitrogens with one attached hydrogen (secondary N) is 1. The second-order valence-corrected chi connectivity index (χ2v) is 7.44. The van der Waals surface area contributed by atoms with E-state index in [1.807, 2.05) is 32.0 Å². The predicted octanol–water partition coefficient (Wildman–Crippen LogP) is 4.55. The molecule has 0 spiro atoms. The third-order valence-corrected chi connectivity index (χ3v) is 4.42. The second-order valence-electron chi connectivity index (χ2n) is 7.44. The Balaban J connectivity index is 2.18. The number of rotatable bonds is 7. The molecule has 25 heavy (non-hydrogen) atoms. The minimum absolute atomic E-state index is 0.0658. The van der Waals surface area contributed by atoms with Gasteiger partial charge in [-0.1, -0.05) is 56.3 Å². The molecule has 0 fully saturated rings. The van der Waals surface area contributed by atoms with Crippen molar-refractivity contribution in [2.45, 2.75) is 39.7 Å². The number of amides is 1. The minimum Gasteiger partial charge on any atom is -0.380 e. The van der Waals surface area contributed by atoms with Crippen molar-refractivity contribution in [3.8, 4) is 11.1 Å². The summed E-state index contributed by atoms with van der Waals surface area (Å²) in [4.78, 5) is 12.5. The highest BCUT2D eigenvalue weighted by Crippen LogP contribution is 2.27. The number of benzene rings is 2. The van der Waals surface area contributed by atoms with E-state index in [0.29, 0.717) is 19.1 Å².